The van der Waals surface area contributed by atoms with Gasteiger partial charge in [-0.2, -0.15) is 5.10 Å². The van der Waals surface area contributed by atoms with Gasteiger partial charge in [-0.25, -0.2) is 4.39 Å². The minimum Gasteiger partial charge on any atom is -0.496 e. The Hall–Kier alpha value is -3.16. The predicted octanol–water partition coefficient (Wildman–Crippen LogP) is 3.20. The highest BCUT2D eigenvalue weighted by molar-refractivity contribution is 5.86. The Kier molecular flexibility index (Phi) is 5.08. The number of hydrogen-bond acceptors (Lipinski definition) is 6. The lowest BCUT2D eigenvalue weighted by molar-refractivity contribution is -0.385. The van der Waals surface area contributed by atoms with Crippen LogP contribution in [-0.2, 0) is 0 Å². The molecule has 2 aromatic carbocycles. The van der Waals surface area contributed by atoms with Crippen LogP contribution in [0, 0.1) is 15.9 Å². The van der Waals surface area contributed by atoms with E-state index in [-0.39, 0.29) is 17.3 Å². The van der Waals surface area contributed by atoms with Gasteiger partial charge in [0, 0.05) is 17.7 Å². The third-order valence-electron chi connectivity index (χ3n) is 2.97. The van der Waals surface area contributed by atoms with Gasteiger partial charge in [-0.1, -0.05) is 0 Å². The summed E-state index contributed by atoms with van der Waals surface area (Å²) in [6.07, 6.45) is 1.37. The Labute approximate surface area is 131 Å². The first-order valence-corrected chi connectivity index (χ1v) is 6.50. The zero-order valence-corrected chi connectivity index (χ0v) is 12.4. The number of methoxy groups -OCH3 is 2. The number of benzene rings is 2. The van der Waals surface area contributed by atoms with Crippen molar-refractivity contribution in [3.05, 3.63) is 57.9 Å². The molecule has 1 N–H and O–H groups in total. The van der Waals surface area contributed by atoms with E-state index in [1.54, 1.807) is 0 Å². The fourth-order valence-corrected chi connectivity index (χ4v) is 1.85. The van der Waals surface area contributed by atoms with E-state index in [9.17, 15) is 14.5 Å². The van der Waals surface area contributed by atoms with Crippen LogP contribution in [0.5, 0.6) is 11.5 Å². The van der Waals surface area contributed by atoms with Crippen LogP contribution in [0.4, 0.5) is 15.8 Å². The molecule has 0 fully saturated rings. The van der Waals surface area contributed by atoms with E-state index in [4.69, 9.17) is 9.47 Å². The summed E-state index contributed by atoms with van der Waals surface area (Å²) in [5.74, 6) is 0.111. The van der Waals surface area contributed by atoms with E-state index in [0.29, 0.717) is 17.0 Å². The van der Waals surface area contributed by atoms with Crippen LogP contribution in [-0.4, -0.2) is 25.4 Å². The Morgan fingerprint density at radius 1 is 1.17 bits per heavy atom. The highest BCUT2D eigenvalue weighted by Crippen LogP contribution is 2.33. The van der Waals surface area contributed by atoms with Gasteiger partial charge in [0.05, 0.1) is 31.0 Å². The van der Waals surface area contributed by atoms with Crippen molar-refractivity contribution in [2.75, 3.05) is 19.6 Å². The van der Waals surface area contributed by atoms with Crippen molar-refractivity contribution in [2.24, 2.45) is 5.10 Å². The number of ether oxygens (including phenoxy) is 2. The number of nitro benzene ring substituents is 1. The lowest BCUT2D eigenvalue weighted by Crippen LogP contribution is -1.99. The molecule has 0 saturated carbocycles. The van der Waals surface area contributed by atoms with Gasteiger partial charge < -0.3 is 9.47 Å². The van der Waals surface area contributed by atoms with Gasteiger partial charge in [0.2, 0.25) is 5.75 Å². The third-order valence-corrected chi connectivity index (χ3v) is 2.97. The maximum Gasteiger partial charge on any atom is 0.311 e. The summed E-state index contributed by atoms with van der Waals surface area (Å²) in [7, 11) is 2.77. The lowest BCUT2D eigenvalue weighted by Gasteiger charge is -2.08. The monoisotopic (exact) mass is 319 g/mol. The highest BCUT2D eigenvalue weighted by atomic mass is 19.1. The quantitative estimate of drug-likeness (QED) is 0.502. The molecule has 0 aromatic heterocycles. The van der Waals surface area contributed by atoms with Gasteiger partial charge in [-0.15, -0.1) is 0 Å². The topological polar surface area (TPSA) is 86.0 Å². The number of nitro groups is 1. The zero-order valence-electron chi connectivity index (χ0n) is 12.4. The maximum atomic E-state index is 12.8. The van der Waals surface area contributed by atoms with Crippen LogP contribution >= 0.6 is 0 Å². The van der Waals surface area contributed by atoms with E-state index < -0.39 is 4.92 Å². The fourth-order valence-electron chi connectivity index (χ4n) is 1.85. The minimum absolute atomic E-state index is 0.0930. The van der Waals surface area contributed by atoms with E-state index >= 15 is 0 Å². The second-order valence-corrected chi connectivity index (χ2v) is 4.40. The van der Waals surface area contributed by atoms with E-state index in [0.717, 1.165) is 0 Å². The van der Waals surface area contributed by atoms with Crippen LogP contribution in [0.2, 0.25) is 0 Å². The predicted molar refractivity (Wildman–Crippen MR) is 83.8 cm³/mol. The molecule has 2 rings (SSSR count). The van der Waals surface area contributed by atoms with Crippen molar-refractivity contribution < 1.29 is 18.8 Å². The fraction of sp³-hybridized carbons (Fsp3) is 0.133. The molecule has 0 bridgehead atoms. The second kappa shape index (κ2) is 7.21. The molecule has 23 heavy (non-hydrogen) atoms. The molecule has 0 unspecified atom stereocenters. The van der Waals surface area contributed by atoms with Crippen LogP contribution in [0.3, 0.4) is 0 Å². The number of halogens is 1. The molecule has 7 nitrogen and oxygen atoms in total. The third kappa shape index (κ3) is 3.94. The van der Waals surface area contributed by atoms with Crippen LogP contribution < -0.4 is 14.9 Å². The van der Waals surface area contributed by atoms with Crippen molar-refractivity contribution in [2.45, 2.75) is 0 Å². The van der Waals surface area contributed by atoms with E-state index in [1.807, 2.05) is 0 Å². The van der Waals surface area contributed by atoms with Crippen molar-refractivity contribution in [1.29, 1.82) is 0 Å². The lowest BCUT2D eigenvalue weighted by atomic mass is 10.1. The summed E-state index contributed by atoms with van der Waals surface area (Å²) in [4.78, 5) is 10.5. The first kappa shape index (κ1) is 16.2. The molecule has 0 spiro atoms. The Bertz CT molecular complexity index is 732. The summed E-state index contributed by atoms with van der Waals surface area (Å²) < 4.78 is 22.9. The number of hydrogen-bond donors (Lipinski definition) is 1. The van der Waals surface area contributed by atoms with Crippen molar-refractivity contribution in [1.82, 2.24) is 0 Å². The smallest absolute Gasteiger partial charge is 0.311 e. The first-order chi connectivity index (χ1) is 11.0. The zero-order chi connectivity index (χ0) is 16.8. The maximum absolute atomic E-state index is 12.8. The second-order valence-electron chi connectivity index (χ2n) is 4.40. The summed E-state index contributed by atoms with van der Waals surface area (Å²) in [5, 5.41) is 15.0. The molecular formula is C15H14FN3O4. The Morgan fingerprint density at radius 3 is 2.39 bits per heavy atom. The molecule has 8 heteroatoms. The summed E-state index contributed by atoms with van der Waals surface area (Å²) in [5.41, 5.74) is 3.47. The van der Waals surface area contributed by atoms with Gasteiger partial charge in [0.15, 0.2) is 0 Å². The normalized spacial score (nSPS) is 10.6. The molecule has 120 valence electrons. The number of nitrogens with zero attached hydrogens (tertiary/aromatic N) is 2. The molecule has 2 aromatic rings. The molecule has 0 saturated heterocycles. The highest BCUT2D eigenvalue weighted by Gasteiger charge is 2.18. The number of nitrogens with one attached hydrogen (secondary N) is 1. The van der Waals surface area contributed by atoms with Gasteiger partial charge in [-0.3, -0.25) is 15.5 Å². The molecule has 0 atom stereocenters. The average molecular weight is 319 g/mol. The number of rotatable bonds is 6. The summed E-state index contributed by atoms with van der Waals surface area (Å²) in [6, 6.07) is 8.32. The first-order valence-electron chi connectivity index (χ1n) is 6.50. The molecule has 0 radical (unpaired) electrons. The molecule has 0 aliphatic rings. The van der Waals surface area contributed by atoms with Gasteiger partial charge in [-0.05, 0) is 24.3 Å². The molecule has 0 amide bonds. The summed E-state index contributed by atoms with van der Waals surface area (Å²) >= 11 is 0. The van der Waals surface area contributed by atoms with Crippen molar-refractivity contribution >= 4 is 17.6 Å². The molecule has 0 aliphatic heterocycles. The molecule has 0 heterocycles. The van der Waals surface area contributed by atoms with E-state index in [2.05, 4.69) is 10.5 Å². The largest absolute Gasteiger partial charge is 0.496 e. The number of anilines is 1. The van der Waals surface area contributed by atoms with E-state index in [1.165, 1.54) is 56.8 Å². The molecule has 0 aliphatic carbocycles. The van der Waals surface area contributed by atoms with Gasteiger partial charge in [0.1, 0.15) is 11.6 Å². The molecular weight excluding hydrogens is 305 g/mol. The SMILES string of the molecule is COc1cc(OC)c([N+](=O)[O-])cc1/C=N/Nc1ccc(F)cc1. The van der Waals surface area contributed by atoms with Crippen LogP contribution in [0.1, 0.15) is 5.56 Å². The Balaban J connectivity index is 2.26. The Morgan fingerprint density at radius 2 is 1.83 bits per heavy atom. The average Bonchev–Trinajstić information content (AvgIpc) is 2.56. The van der Waals surface area contributed by atoms with Gasteiger partial charge in [0.25, 0.3) is 0 Å². The van der Waals surface area contributed by atoms with Crippen LogP contribution in [0.15, 0.2) is 41.5 Å². The minimum atomic E-state index is -0.553. The van der Waals surface area contributed by atoms with Crippen LogP contribution in [0.25, 0.3) is 0 Å². The standard InChI is InChI=1S/C15H14FN3O4/c1-22-14-8-15(23-2)13(19(20)21)7-10(14)9-17-18-12-5-3-11(16)4-6-12/h3-9,18H,1-2H3/b17-9+. The van der Waals surface area contributed by atoms with Crippen molar-refractivity contribution in [3.63, 3.8) is 0 Å². The van der Waals surface area contributed by atoms with Crippen molar-refractivity contribution in [3.8, 4) is 11.5 Å². The number of hydrazone groups is 1. The summed E-state index contributed by atoms with van der Waals surface area (Å²) in [6.45, 7) is 0. The van der Waals surface area contributed by atoms with Gasteiger partial charge >= 0.3 is 5.69 Å².